The molecule has 1 heterocycles. The highest BCUT2D eigenvalue weighted by atomic mass is 16.4. The second-order valence-corrected chi connectivity index (χ2v) is 5.61. The SMILES string of the molecule is O=C(NCC1(C(=O)O)CCCC1)NC1CCCNC1=O. The molecule has 3 amide bonds. The van der Waals surface area contributed by atoms with Crippen LogP contribution in [0.2, 0.25) is 0 Å². The number of urea groups is 1. The van der Waals surface area contributed by atoms with Crippen molar-refractivity contribution in [3.63, 3.8) is 0 Å². The maximum atomic E-state index is 11.8. The zero-order valence-electron chi connectivity index (χ0n) is 11.4. The molecule has 0 bridgehead atoms. The third-order valence-electron chi connectivity index (χ3n) is 4.19. The Balaban J connectivity index is 1.82. The summed E-state index contributed by atoms with van der Waals surface area (Å²) in [5.74, 6) is -1.04. The standard InChI is InChI=1S/C13H21N3O4/c17-10-9(4-3-7-14-10)16-12(20)15-8-13(11(18)19)5-1-2-6-13/h9H,1-8H2,(H,14,17)(H,18,19)(H2,15,16,20). The second kappa shape index (κ2) is 6.11. The van der Waals surface area contributed by atoms with E-state index in [9.17, 15) is 19.5 Å². The lowest BCUT2D eigenvalue weighted by molar-refractivity contribution is -0.148. The molecule has 2 rings (SSSR count). The van der Waals surface area contributed by atoms with Crippen molar-refractivity contribution in [1.29, 1.82) is 0 Å². The first-order valence-corrected chi connectivity index (χ1v) is 7.09. The fourth-order valence-electron chi connectivity index (χ4n) is 2.89. The summed E-state index contributed by atoms with van der Waals surface area (Å²) in [6.07, 6.45) is 4.37. The van der Waals surface area contributed by atoms with Gasteiger partial charge in [0.2, 0.25) is 5.91 Å². The molecule has 1 saturated heterocycles. The van der Waals surface area contributed by atoms with Crippen molar-refractivity contribution >= 4 is 17.9 Å². The molecular weight excluding hydrogens is 262 g/mol. The van der Waals surface area contributed by atoms with Crippen LogP contribution in [0.3, 0.4) is 0 Å². The molecule has 0 aromatic heterocycles. The molecule has 0 aromatic rings. The van der Waals surface area contributed by atoms with E-state index in [4.69, 9.17) is 0 Å². The van der Waals surface area contributed by atoms with Crippen LogP contribution in [0.1, 0.15) is 38.5 Å². The fourth-order valence-corrected chi connectivity index (χ4v) is 2.89. The van der Waals surface area contributed by atoms with Gasteiger partial charge in [-0.25, -0.2) is 4.79 Å². The fraction of sp³-hybridized carbons (Fsp3) is 0.769. The molecule has 1 aliphatic carbocycles. The minimum absolute atomic E-state index is 0.114. The molecule has 4 N–H and O–H groups in total. The quantitative estimate of drug-likeness (QED) is 0.591. The molecule has 7 heteroatoms. The van der Waals surface area contributed by atoms with E-state index in [1.54, 1.807) is 0 Å². The molecule has 0 spiro atoms. The van der Waals surface area contributed by atoms with E-state index in [1.807, 2.05) is 0 Å². The van der Waals surface area contributed by atoms with Crippen molar-refractivity contribution < 1.29 is 19.5 Å². The third kappa shape index (κ3) is 3.20. The second-order valence-electron chi connectivity index (χ2n) is 5.61. The van der Waals surface area contributed by atoms with Gasteiger partial charge in [0.05, 0.1) is 5.41 Å². The number of carboxylic acids is 1. The van der Waals surface area contributed by atoms with Crippen LogP contribution in [-0.2, 0) is 9.59 Å². The largest absolute Gasteiger partial charge is 0.481 e. The van der Waals surface area contributed by atoms with Crippen LogP contribution in [0, 0.1) is 5.41 Å². The van der Waals surface area contributed by atoms with Crippen LogP contribution in [0.5, 0.6) is 0 Å². The molecule has 0 aromatic carbocycles. The molecule has 7 nitrogen and oxygen atoms in total. The first-order valence-electron chi connectivity index (χ1n) is 7.09. The zero-order chi connectivity index (χ0) is 14.6. The van der Waals surface area contributed by atoms with Crippen LogP contribution in [-0.4, -0.2) is 42.1 Å². The maximum absolute atomic E-state index is 11.8. The normalized spacial score (nSPS) is 24.8. The van der Waals surface area contributed by atoms with E-state index >= 15 is 0 Å². The number of hydrogen-bond donors (Lipinski definition) is 4. The lowest BCUT2D eigenvalue weighted by atomic mass is 9.86. The molecule has 1 atom stereocenters. The Labute approximate surface area is 117 Å². The summed E-state index contributed by atoms with van der Waals surface area (Å²) in [5.41, 5.74) is -0.841. The Hall–Kier alpha value is -1.79. The maximum Gasteiger partial charge on any atom is 0.315 e. The Bertz CT molecular complexity index is 404. The Morgan fingerprint density at radius 1 is 1.30 bits per heavy atom. The minimum atomic E-state index is -0.856. The van der Waals surface area contributed by atoms with Gasteiger partial charge in [-0.3, -0.25) is 9.59 Å². The molecule has 2 fully saturated rings. The summed E-state index contributed by atoms with van der Waals surface area (Å²) < 4.78 is 0. The highest BCUT2D eigenvalue weighted by Gasteiger charge is 2.41. The van der Waals surface area contributed by atoms with Crippen LogP contribution in [0.15, 0.2) is 0 Å². The summed E-state index contributed by atoms with van der Waals surface area (Å²) in [6, 6.07) is -0.993. The van der Waals surface area contributed by atoms with Gasteiger partial charge in [-0.15, -0.1) is 0 Å². The van der Waals surface area contributed by atoms with Crippen LogP contribution in [0.25, 0.3) is 0 Å². The number of nitrogens with one attached hydrogen (secondary N) is 3. The Morgan fingerprint density at radius 2 is 2.00 bits per heavy atom. The molecule has 1 aliphatic heterocycles. The smallest absolute Gasteiger partial charge is 0.315 e. The summed E-state index contributed by atoms with van der Waals surface area (Å²) in [6.45, 7) is 0.753. The van der Waals surface area contributed by atoms with E-state index in [0.717, 1.165) is 19.3 Å². The van der Waals surface area contributed by atoms with Crippen LogP contribution < -0.4 is 16.0 Å². The van der Waals surface area contributed by atoms with Crippen molar-refractivity contribution in [3.05, 3.63) is 0 Å². The van der Waals surface area contributed by atoms with Crippen molar-refractivity contribution in [2.75, 3.05) is 13.1 Å². The van der Waals surface area contributed by atoms with Crippen molar-refractivity contribution in [2.24, 2.45) is 5.41 Å². The number of hydrogen-bond acceptors (Lipinski definition) is 3. The number of carbonyl (C=O) groups excluding carboxylic acids is 2. The number of carboxylic acid groups (broad SMARTS) is 1. The summed E-state index contributed by atoms with van der Waals surface area (Å²) in [4.78, 5) is 34.6. The molecule has 0 radical (unpaired) electrons. The highest BCUT2D eigenvalue weighted by Crippen LogP contribution is 2.37. The number of aliphatic carboxylic acids is 1. The number of piperidine rings is 1. The van der Waals surface area contributed by atoms with Crippen LogP contribution >= 0.6 is 0 Å². The summed E-state index contributed by atoms with van der Waals surface area (Å²) in [5, 5.41) is 17.2. The summed E-state index contributed by atoms with van der Waals surface area (Å²) in [7, 11) is 0. The van der Waals surface area contributed by atoms with E-state index in [2.05, 4.69) is 16.0 Å². The molecular formula is C13H21N3O4. The van der Waals surface area contributed by atoms with Crippen LogP contribution in [0.4, 0.5) is 4.79 Å². The van der Waals surface area contributed by atoms with Crippen molar-refractivity contribution in [3.8, 4) is 0 Å². The van der Waals surface area contributed by atoms with Gasteiger partial charge in [-0.2, -0.15) is 0 Å². The van der Waals surface area contributed by atoms with Crippen molar-refractivity contribution in [2.45, 2.75) is 44.6 Å². The number of carbonyl (C=O) groups is 3. The lowest BCUT2D eigenvalue weighted by Gasteiger charge is -2.26. The third-order valence-corrected chi connectivity index (χ3v) is 4.19. The van der Waals surface area contributed by atoms with Gasteiger partial charge in [-0.05, 0) is 25.7 Å². The van der Waals surface area contributed by atoms with E-state index in [1.165, 1.54) is 0 Å². The van der Waals surface area contributed by atoms with E-state index in [0.29, 0.717) is 25.8 Å². The average molecular weight is 283 g/mol. The van der Waals surface area contributed by atoms with Gasteiger partial charge < -0.3 is 21.1 Å². The van der Waals surface area contributed by atoms with Gasteiger partial charge in [-0.1, -0.05) is 12.8 Å². The average Bonchev–Trinajstić information content (AvgIpc) is 2.89. The molecule has 2 aliphatic rings. The van der Waals surface area contributed by atoms with Gasteiger partial charge in [0, 0.05) is 13.1 Å². The first-order chi connectivity index (χ1) is 9.53. The first kappa shape index (κ1) is 14.6. The Kier molecular flexibility index (Phi) is 4.46. The van der Waals surface area contributed by atoms with Gasteiger partial charge >= 0.3 is 12.0 Å². The topological polar surface area (TPSA) is 108 Å². The number of amides is 3. The molecule has 1 unspecified atom stereocenters. The predicted octanol–water partition coefficient (Wildman–Crippen LogP) is 0.209. The lowest BCUT2D eigenvalue weighted by Crippen LogP contribution is -2.54. The predicted molar refractivity (Wildman–Crippen MR) is 71.1 cm³/mol. The van der Waals surface area contributed by atoms with Gasteiger partial charge in [0.1, 0.15) is 6.04 Å². The van der Waals surface area contributed by atoms with Gasteiger partial charge in [0.15, 0.2) is 0 Å². The highest BCUT2D eigenvalue weighted by molar-refractivity contribution is 5.87. The van der Waals surface area contributed by atoms with E-state index in [-0.39, 0.29) is 12.5 Å². The molecule has 20 heavy (non-hydrogen) atoms. The molecule has 1 saturated carbocycles. The number of rotatable bonds is 4. The van der Waals surface area contributed by atoms with E-state index < -0.39 is 23.5 Å². The monoisotopic (exact) mass is 283 g/mol. The zero-order valence-corrected chi connectivity index (χ0v) is 11.4. The minimum Gasteiger partial charge on any atom is -0.481 e. The molecule has 112 valence electrons. The van der Waals surface area contributed by atoms with Gasteiger partial charge in [0.25, 0.3) is 0 Å². The summed E-state index contributed by atoms with van der Waals surface area (Å²) >= 11 is 0. The Morgan fingerprint density at radius 3 is 2.60 bits per heavy atom. The van der Waals surface area contributed by atoms with Crippen molar-refractivity contribution in [1.82, 2.24) is 16.0 Å².